The summed E-state index contributed by atoms with van der Waals surface area (Å²) in [5.74, 6) is -1.98. The second-order valence-corrected chi connectivity index (χ2v) is 16.8. The van der Waals surface area contributed by atoms with Crippen LogP contribution < -0.4 is 20.1 Å². The van der Waals surface area contributed by atoms with Gasteiger partial charge in [-0.05, 0) is 50.7 Å². The average Bonchev–Trinajstić information content (AvgIpc) is 4.08. The molecule has 4 amide bonds. The van der Waals surface area contributed by atoms with Crippen LogP contribution in [0.1, 0.15) is 57.8 Å². The fraction of sp³-hybridized carbons (Fsp3) is 0.425. The molecule has 4 aromatic rings. The van der Waals surface area contributed by atoms with Gasteiger partial charge in [-0.2, -0.15) is 0 Å². The SMILES string of the molecule is COC(=O)N[C@H]1CCCCC/C=C\[C@@H]2C[C@@]2(C(=O)NS(=O)(=O)C2CC2)NC(=O)[C@@H]2C[C@@H](Oc3cc(-c4ccccc4)nc4c3oc3ccccc34)CN2C1=O. The Morgan fingerprint density at radius 1 is 1.02 bits per heavy atom. The summed E-state index contributed by atoms with van der Waals surface area (Å²) < 4.78 is 45.7. The first-order valence-electron chi connectivity index (χ1n) is 18.8. The Kier molecular flexibility index (Phi) is 9.74. The fourth-order valence-corrected chi connectivity index (χ4v) is 9.09. The monoisotopic (exact) mass is 769 g/mol. The van der Waals surface area contributed by atoms with Crippen LogP contribution in [0.5, 0.6) is 5.75 Å². The molecular weight excluding hydrogens is 727 g/mol. The van der Waals surface area contributed by atoms with E-state index >= 15 is 0 Å². The fourth-order valence-electron chi connectivity index (χ4n) is 7.72. The second-order valence-electron chi connectivity index (χ2n) is 14.8. The van der Waals surface area contributed by atoms with E-state index < -0.39 is 68.7 Å². The van der Waals surface area contributed by atoms with Gasteiger partial charge in [-0.1, -0.05) is 67.5 Å². The maximum absolute atomic E-state index is 14.4. The molecule has 15 heteroatoms. The van der Waals surface area contributed by atoms with Crippen LogP contribution in [0.2, 0.25) is 0 Å². The van der Waals surface area contributed by atoms with Crippen LogP contribution in [0.4, 0.5) is 4.79 Å². The summed E-state index contributed by atoms with van der Waals surface area (Å²) in [6, 6.07) is 16.8. The first kappa shape index (κ1) is 36.5. The Labute approximate surface area is 318 Å². The van der Waals surface area contributed by atoms with Gasteiger partial charge in [-0.3, -0.25) is 19.1 Å². The van der Waals surface area contributed by atoms with Crippen molar-refractivity contribution < 1.29 is 41.5 Å². The summed E-state index contributed by atoms with van der Waals surface area (Å²) in [6.07, 6.45) is 6.66. The average molecular weight is 770 g/mol. The molecule has 0 spiro atoms. The lowest BCUT2D eigenvalue weighted by molar-refractivity contribution is -0.141. The molecule has 3 fully saturated rings. The van der Waals surface area contributed by atoms with Crippen molar-refractivity contribution in [2.24, 2.45) is 5.92 Å². The van der Waals surface area contributed by atoms with Gasteiger partial charge in [0.25, 0.3) is 5.91 Å². The zero-order chi connectivity index (χ0) is 38.3. The van der Waals surface area contributed by atoms with E-state index in [2.05, 4.69) is 15.4 Å². The number of carbonyl (C=O) groups is 4. The lowest BCUT2D eigenvalue weighted by atomic mass is 10.1. The molecule has 0 unspecified atom stereocenters. The van der Waals surface area contributed by atoms with Gasteiger partial charge in [0, 0.05) is 29.4 Å². The van der Waals surface area contributed by atoms with Crippen LogP contribution in [-0.4, -0.2) is 84.7 Å². The number of hydrogen-bond donors (Lipinski definition) is 3. The van der Waals surface area contributed by atoms with Crippen LogP contribution in [0, 0.1) is 5.92 Å². The van der Waals surface area contributed by atoms with Gasteiger partial charge in [-0.25, -0.2) is 18.2 Å². The maximum atomic E-state index is 14.4. The van der Waals surface area contributed by atoms with E-state index in [1.165, 1.54) is 12.0 Å². The molecule has 2 aromatic heterocycles. The molecule has 3 N–H and O–H groups in total. The number of nitrogens with zero attached hydrogens (tertiary/aromatic N) is 2. The minimum Gasteiger partial charge on any atom is -0.484 e. The zero-order valence-electron chi connectivity index (χ0n) is 30.4. The first-order chi connectivity index (χ1) is 26.6. The topological polar surface area (TPSA) is 186 Å². The Morgan fingerprint density at radius 3 is 2.58 bits per heavy atom. The molecule has 55 heavy (non-hydrogen) atoms. The quantitative estimate of drug-likeness (QED) is 0.222. The van der Waals surface area contributed by atoms with Gasteiger partial charge in [0.05, 0.1) is 24.6 Å². The molecule has 0 bridgehead atoms. The molecule has 2 aliphatic carbocycles. The number of pyridine rings is 1. The van der Waals surface area contributed by atoms with E-state index in [0.717, 1.165) is 23.8 Å². The highest BCUT2D eigenvalue weighted by atomic mass is 32.2. The summed E-state index contributed by atoms with van der Waals surface area (Å²) in [7, 11) is -2.68. The van der Waals surface area contributed by atoms with Gasteiger partial charge in [0.1, 0.15) is 34.8 Å². The Morgan fingerprint density at radius 2 is 1.80 bits per heavy atom. The van der Waals surface area contributed by atoms with Crippen molar-refractivity contribution in [3.63, 3.8) is 0 Å². The number of ether oxygens (including phenoxy) is 2. The molecule has 4 aliphatic rings. The summed E-state index contributed by atoms with van der Waals surface area (Å²) in [5.41, 5.74) is 1.60. The highest BCUT2D eigenvalue weighted by molar-refractivity contribution is 7.91. The van der Waals surface area contributed by atoms with Gasteiger partial charge < -0.3 is 29.4 Å². The number of nitrogens with one attached hydrogen (secondary N) is 3. The summed E-state index contributed by atoms with van der Waals surface area (Å²) >= 11 is 0. The van der Waals surface area contributed by atoms with Gasteiger partial charge in [0.15, 0.2) is 11.3 Å². The molecule has 1 saturated heterocycles. The number of aromatic nitrogens is 1. The number of carbonyl (C=O) groups excluding carboxylic acids is 4. The van der Waals surface area contributed by atoms with Crippen molar-refractivity contribution in [2.45, 2.75) is 86.8 Å². The zero-order valence-corrected chi connectivity index (χ0v) is 31.2. The lowest BCUT2D eigenvalue weighted by Crippen LogP contribution is -2.58. The second kappa shape index (κ2) is 14.7. The highest BCUT2D eigenvalue weighted by Gasteiger charge is 2.62. The summed E-state index contributed by atoms with van der Waals surface area (Å²) in [5, 5.41) is 5.71. The Hall–Kier alpha value is -5.44. The number of furan rings is 1. The van der Waals surface area contributed by atoms with Crippen LogP contribution in [0.15, 0.2) is 77.2 Å². The van der Waals surface area contributed by atoms with Crippen LogP contribution in [-0.2, 0) is 29.1 Å². The number of sulfonamides is 1. The van der Waals surface area contributed by atoms with Gasteiger partial charge in [0.2, 0.25) is 21.8 Å². The largest absolute Gasteiger partial charge is 0.484 e. The Balaban J connectivity index is 1.14. The first-order valence-corrected chi connectivity index (χ1v) is 20.3. The normalized spacial score (nSPS) is 26.5. The molecule has 5 atom stereocenters. The molecule has 288 valence electrons. The molecule has 2 aromatic carbocycles. The van der Waals surface area contributed by atoms with E-state index in [4.69, 9.17) is 18.9 Å². The molecular formula is C40H43N5O9S. The van der Waals surface area contributed by atoms with E-state index in [-0.39, 0.29) is 19.4 Å². The van der Waals surface area contributed by atoms with Crippen molar-refractivity contribution in [3.8, 4) is 17.0 Å². The molecule has 8 rings (SSSR count). The molecule has 2 aliphatic heterocycles. The number of rotatable bonds is 7. The minimum absolute atomic E-state index is 0.0282. The van der Waals surface area contributed by atoms with Crippen molar-refractivity contribution in [2.75, 3.05) is 13.7 Å². The number of benzene rings is 2. The molecule has 2 saturated carbocycles. The van der Waals surface area contributed by atoms with Gasteiger partial charge in [-0.15, -0.1) is 0 Å². The smallest absolute Gasteiger partial charge is 0.407 e. The molecule has 0 radical (unpaired) electrons. The predicted octanol–water partition coefficient (Wildman–Crippen LogP) is 4.72. The van der Waals surface area contributed by atoms with Gasteiger partial charge >= 0.3 is 6.09 Å². The predicted molar refractivity (Wildman–Crippen MR) is 202 cm³/mol. The number of hydrogen-bond acceptors (Lipinski definition) is 10. The van der Waals surface area contributed by atoms with E-state index in [9.17, 15) is 27.6 Å². The maximum Gasteiger partial charge on any atom is 0.407 e. The van der Waals surface area contributed by atoms with E-state index in [1.807, 2.05) is 66.7 Å². The summed E-state index contributed by atoms with van der Waals surface area (Å²) in [6.45, 7) is -0.0282. The van der Waals surface area contributed by atoms with Crippen molar-refractivity contribution in [1.29, 1.82) is 0 Å². The number of fused-ring (bicyclic) bond motifs is 5. The summed E-state index contributed by atoms with van der Waals surface area (Å²) in [4.78, 5) is 61.4. The number of para-hydroxylation sites is 1. The highest BCUT2D eigenvalue weighted by Crippen LogP contribution is 2.46. The van der Waals surface area contributed by atoms with Crippen LogP contribution in [0.3, 0.4) is 0 Å². The minimum atomic E-state index is -3.90. The molecule has 14 nitrogen and oxygen atoms in total. The van der Waals surface area contributed by atoms with E-state index in [1.54, 1.807) is 6.07 Å². The number of methoxy groups -OCH3 is 1. The molecule has 4 heterocycles. The third-order valence-corrected chi connectivity index (χ3v) is 12.8. The standard InChI is InChI=1S/C40H43N5O9S/c1-52-39(49)42-29-16-9-4-2-3-8-14-25-22-40(25,38(48)44-55(50,51)27-18-19-27)43-36(46)31-20-26(23-45(31)37(29)47)53-33-21-30(24-12-6-5-7-13-24)41-34-28-15-10-11-17-32(28)54-35(33)34/h5-8,10-15,17,21,25-27,29,31H,2-4,9,16,18-20,22-23H2,1H3,(H,42,49)(H,43,46)(H,44,48)/b14-8-/t25-,26-,29+,31+,40-/m1/s1. The number of amides is 4. The van der Waals surface area contributed by atoms with E-state index in [0.29, 0.717) is 60.2 Å². The number of alkyl carbamates (subject to hydrolysis) is 1. The van der Waals surface area contributed by atoms with Crippen molar-refractivity contribution in [3.05, 3.63) is 72.8 Å². The third-order valence-electron chi connectivity index (χ3n) is 11.0. The van der Waals surface area contributed by atoms with Crippen molar-refractivity contribution in [1.82, 2.24) is 25.2 Å². The van der Waals surface area contributed by atoms with Crippen molar-refractivity contribution >= 4 is 55.9 Å². The number of allylic oxidation sites excluding steroid dienone is 1. The lowest BCUT2D eigenvalue weighted by Gasteiger charge is -2.29. The Bertz CT molecular complexity index is 2290. The third kappa shape index (κ3) is 7.36. The van der Waals surface area contributed by atoms with Crippen LogP contribution >= 0.6 is 0 Å². The van der Waals surface area contributed by atoms with Crippen LogP contribution in [0.25, 0.3) is 33.3 Å².